The number of carbonyl (C=O) groups excluding carboxylic acids is 2. The van der Waals surface area contributed by atoms with Gasteiger partial charge >= 0.3 is 0 Å². The third-order valence-corrected chi connectivity index (χ3v) is 5.05. The molecule has 0 aliphatic heterocycles. The predicted octanol–water partition coefficient (Wildman–Crippen LogP) is 2.30. The molecule has 7 heteroatoms. The lowest BCUT2D eigenvalue weighted by molar-refractivity contribution is -0.117. The van der Waals surface area contributed by atoms with Crippen LogP contribution >= 0.6 is 11.8 Å². The van der Waals surface area contributed by atoms with Crippen LogP contribution in [0.15, 0.2) is 29.3 Å². The number of hydrogen-bond acceptors (Lipinski definition) is 4. The van der Waals surface area contributed by atoms with Crippen molar-refractivity contribution in [1.29, 1.82) is 0 Å². The molecule has 0 bridgehead atoms. The molecule has 0 fully saturated rings. The summed E-state index contributed by atoms with van der Waals surface area (Å²) >= 11 is 1.33. The van der Waals surface area contributed by atoms with Crippen LogP contribution in [0.1, 0.15) is 40.2 Å². The first kappa shape index (κ1) is 16.6. The Morgan fingerprint density at radius 1 is 1.38 bits per heavy atom. The van der Waals surface area contributed by atoms with Crippen LogP contribution in [0.4, 0.5) is 5.82 Å². The van der Waals surface area contributed by atoms with Gasteiger partial charge in [0.05, 0.1) is 5.92 Å². The van der Waals surface area contributed by atoms with Gasteiger partial charge in [-0.1, -0.05) is 24.3 Å². The molecule has 0 radical (unpaired) electrons. The monoisotopic (exact) mass is 344 g/mol. The molecule has 0 saturated heterocycles. The van der Waals surface area contributed by atoms with E-state index in [1.54, 1.807) is 7.05 Å². The lowest BCUT2D eigenvalue weighted by Gasteiger charge is -2.24. The van der Waals surface area contributed by atoms with Crippen molar-refractivity contribution in [2.45, 2.75) is 30.2 Å². The number of amides is 2. The molecule has 1 unspecified atom stereocenters. The van der Waals surface area contributed by atoms with Crippen LogP contribution in [0.2, 0.25) is 0 Å². The van der Waals surface area contributed by atoms with E-state index in [1.165, 1.54) is 22.0 Å². The third-order valence-electron chi connectivity index (χ3n) is 4.38. The number of fused-ring (bicyclic) bond motifs is 1. The van der Waals surface area contributed by atoms with Crippen molar-refractivity contribution in [3.8, 4) is 0 Å². The Bertz CT molecular complexity index is 800. The topological polar surface area (TPSA) is 90.0 Å². The SMILES string of the molecule is CSc1nn(C)c(NC(=O)C2CCCc3ccccc32)c1C(N)=O. The summed E-state index contributed by atoms with van der Waals surface area (Å²) in [5, 5.41) is 7.65. The van der Waals surface area contributed by atoms with E-state index in [-0.39, 0.29) is 17.4 Å². The zero-order chi connectivity index (χ0) is 17.3. The largest absolute Gasteiger partial charge is 0.365 e. The molecule has 126 valence electrons. The molecule has 1 aromatic carbocycles. The number of primary amides is 1. The zero-order valence-corrected chi connectivity index (χ0v) is 14.5. The third kappa shape index (κ3) is 2.91. The number of rotatable bonds is 4. The van der Waals surface area contributed by atoms with Crippen LogP contribution in [0.3, 0.4) is 0 Å². The molecule has 1 heterocycles. The highest BCUT2D eigenvalue weighted by molar-refractivity contribution is 7.98. The van der Waals surface area contributed by atoms with Crippen LogP contribution in [-0.4, -0.2) is 27.9 Å². The quantitative estimate of drug-likeness (QED) is 0.833. The van der Waals surface area contributed by atoms with Gasteiger partial charge in [0.1, 0.15) is 16.4 Å². The van der Waals surface area contributed by atoms with Gasteiger partial charge in [0.25, 0.3) is 5.91 Å². The normalized spacial score (nSPS) is 16.5. The number of nitrogens with one attached hydrogen (secondary N) is 1. The maximum Gasteiger partial charge on any atom is 0.255 e. The number of benzene rings is 1. The Kier molecular flexibility index (Phi) is 4.62. The molecule has 0 spiro atoms. The summed E-state index contributed by atoms with van der Waals surface area (Å²) in [6.07, 6.45) is 4.58. The van der Waals surface area contributed by atoms with E-state index in [0.29, 0.717) is 10.8 Å². The van der Waals surface area contributed by atoms with Crippen LogP contribution in [-0.2, 0) is 18.3 Å². The zero-order valence-electron chi connectivity index (χ0n) is 13.7. The average molecular weight is 344 g/mol. The van der Waals surface area contributed by atoms with E-state index in [1.807, 2.05) is 24.5 Å². The summed E-state index contributed by atoms with van der Waals surface area (Å²) in [6.45, 7) is 0. The maximum atomic E-state index is 12.8. The van der Waals surface area contributed by atoms with E-state index in [4.69, 9.17) is 5.73 Å². The highest BCUT2D eigenvalue weighted by atomic mass is 32.2. The smallest absolute Gasteiger partial charge is 0.255 e. The number of thioether (sulfide) groups is 1. The highest BCUT2D eigenvalue weighted by Gasteiger charge is 2.29. The summed E-state index contributed by atoms with van der Waals surface area (Å²) in [5.41, 5.74) is 8.02. The number of anilines is 1. The minimum Gasteiger partial charge on any atom is -0.365 e. The Labute approximate surface area is 144 Å². The number of aromatic nitrogens is 2. The van der Waals surface area contributed by atoms with Crippen LogP contribution in [0.25, 0.3) is 0 Å². The van der Waals surface area contributed by atoms with Crippen molar-refractivity contribution in [2.75, 3.05) is 11.6 Å². The first-order chi connectivity index (χ1) is 11.5. The van der Waals surface area contributed by atoms with Crippen molar-refractivity contribution in [2.24, 2.45) is 12.8 Å². The molecule has 2 aromatic rings. The molecule has 1 aliphatic rings. The summed E-state index contributed by atoms with van der Waals surface area (Å²) in [4.78, 5) is 24.6. The van der Waals surface area contributed by atoms with Crippen LogP contribution in [0.5, 0.6) is 0 Å². The fourth-order valence-electron chi connectivity index (χ4n) is 3.24. The van der Waals surface area contributed by atoms with Crippen molar-refractivity contribution in [3.05, 3.63) is 41.0 Å². The van der Waals surface area contributed by atoms with E-state index < -0.39 is 5.91 Å². The standard InChI is InChI=1S/C17H20N4O2S/c1-21-15(13(14(18)22)17(20-21)24-2)19-16(23)12-9-5-7-10-6-3-4-8-11(10)12/h3-4,6,8,12H,5,7,9H2,1-2H3,(H2,18,22)(H,19,23). The highest BCUT2D eigenvalue weighted by Crippen LogP contribution is 2.33. The van der Waals surface area contributed by atoms with Gasteiger partial charge in [0.15, 0.2) is 0 Å². The fraction of sp³-hybridized carbons (Fsp3) is 0.353. The molecule has 2 amide bonds. The van der Waals surface area contributed by atoms with E-state index >= 15 is 0 Å². The van der Waals surface area contributed by atoms with Crippen molar-refractivity contribution < 1.29 is 9.59 Å². The molecular formula is C17H20N4O2S. The molecule has 3 rings (SSSR count). The predicted molar refractivity (Wildman–Crippen MR) is 94.3 cm³/mol. The number of nitrogens with zero attached hydrogens (tertiary/aromatic N) is 2. The second-order valence-corrected chi connectivity index (χ2v) is 6.65. The van der Waals surface area contributed by atoms with Gasteiger partial charge in [-0.2, -0.15) is 5.10 Å². The van der Waals surface area contributed by atoms with Gasteiger partial charge in [-0.3, -0.25) is 14.3 Å². The van der Waals surface area contributed by atoms with Crippen molar-refractivity contribution in [3.63, 3.8) is 0 Å². The minimum absolute atomic E-state index is 0.125. The molecular weight excluding hydrogens is 324 g/mol. The van der Waals surface area contributed by atoms with Crippen molar-refractivity contribution >= 4 is 29.4 Å². The van der Waals surface area contributed by atoms with Crippen LogP contribution < -0.4 is 11.1 Å². The van der Waals surface area contributed by atoms with Gasteiger partial charge in [-0.25, -0.2) is 0 Å². The van der Waals surface area contributed by atoms with Gasteiger partial charge in [0, 0.05) is 7.05 Å². The molecule has 0 saturated carbocycles. The first-order valence-corrected chi connectivity index (χ1v) is 9.04. The number of carbonyl (C=O) groups is 2. The lowest BCUT2D eigenvalue weighted by atomic mass is 9.82. The van der Waals surface area contributed by atoms with E-state index in [9.17, 15) is 9.59 Å². The van der Waals surface area contributed by atoms with Crippen LogP contribution in [0, 0.1) is 0 Å². The number of aryl methyl sites for hydroxylation is 2. The second-order valence-electron chi connectivity index (χ2n) is 5.85. The second kappa shape index (κ2) is 6.68. The Morgan fingerprint density at radius 2 is 2.12 bits per heavy atom. The number of nitrogens with two attached hydrogens (primary N) is 1. The molecule has 1 aliphatic carbocycles. The lowest BCUT2D eigenvalue weighted by Crippen LogP contribution is -2.27. The maximum absolute atomic E-state index is 12.8. The first-order valence-electron chi connectivity index (χ1n) is 7.82. The van der Waals surface area contributed by atoms with Crippen molar-refractivity contribution in [1.82, 2.24) is 9.78 Å². The summed E-state index contributed by atoms with van der Waals surface area (Å²) in [7, 11) is 1.69. The van der Waals surface area contributed by atoms with Gasteiger partial charge in [-0.05, 0) is 36.6 Å². The Morgan fingerprint density at radius 3 is 2.83 bits per heavy atom. The minimum atomic E-state index is -0.591. The van der Waals surface area contributed by atoms with Gasteiger partial charge in [-0.15, -0.1) is 11.8 Å². The molecule has 6 nitrogen and oxygen atoms in total. The molecule has 1 atom stereocenters. The van der Waals surface area contributed by atoms with E-state index in [0.717, 1.165) is 24.8 Å². The number of hydrogen-bond donors (Lipinski definition) is 2. The summed E-state index contributed by atoms with van der Waals surface area (Å²) in [5.74, 6) is -0.574. The fourth-order valence-corrected chi connectivity index (χ4v) is 3.84. The Hall–Kier alpha value is -2.28. The molecule has 24 heavy (non-hydrogen) atoms. The average Bonchev–Trinajstić information content (AvgIpc) is 2.90. The van der Waals surface area contributed by atoms with Gasteiger partial charge < -0.3 is 11.1 Å². The summed E-state index contributed by atoms with van der Waals surface area (Å²) < 4.78 is 1.50. The summed E-state index contributed by atoms with van der Waals surface area (Å²) in [6, 6.07) is 8.02. The van der Waals surface area contributed by atoms with E-state index in [2.05, 4.69) is 16.5 Å². The Balaban J connectivity index is 1.92. The molecule has 1 aromatic heterocycles. The van der Waals surface area contributed by atoms with Gasteiger partial charge in [0.2, 0.25) is 5.91 Å². The molecule has 3 N–H and O–H groups in total.